The topological polar surface area (TPSA) is 35.5 Å². The normalized spacial score (nSPS) is 17.2. The third kappa shape index (κ3) is 2.31. The van der Waals surface area contributed by atoms with Crippen molar-refractivity contribution in [2.24, 2.45) is 0 Å². The van der Waals surface area contributed by atoms with E-state index in [1.165, 1.54) is 0 Å². The number of hydrogen-bond donors (Lipinski definition) is 0. The van der Waals surface area contributed by atoms with Gasteiger partial charge in [-0.1, -0.05) is 36.4 Å². The Morgan fingerprint density at radius 2 is 2.19 bits per heavy atom. The number of carbonyl (C=O) groups is 1. The summed E-state index contributed by atoms with van der Waals surface area (Å²) in [5.41, 5.74) is 2.25. The van der Waals surface area contributed by atoms with Crippen molar-refractivity contribution in [1.29, 1.82) is 0 Å². The van der Waals surface area contributed by atoms with Crippen molar-refractivity contribution in [1.82, 2.24) is 0 Å². The Hall–Kier alpha value is -1.61. The number of esters is 1. The minimum Gasteiger partial charge on any atom is -0.464 e. The van der Waals surface area contributed by atoms with Gasteiger partial charge in [-0.15, -0.1) is 0 Å². The van der Waals surface area contributed by atoms with Crippen molar-refractivity contribution < 1.29 is 14.3 Å². The fourth-order valence-corrected chi connectivity index (χ4v) is 1.72. The molecule has 1 aromatic rings. The average molecular weight is 218 g/mol. The molecule has 16 heavy (non-hydrogen) atoms. The van der Waals surface area contributed by atoms with E-state index in [0.29, 0.717) is 6.61 Å². The summed E-state index contributed by atoms with van der Waals surface area (Å²) in [4.78, 5) is 11.1. The highest BCUT2D eigenvalue weighted by atomic mass is 16.6. The van der Waals surface area contributed by atoms with Crippen LogP contribution in [0.1, 0.15) is 24.2 Å². The molecule has 3 heteroatoms. The summed E-state index contributed by atoms with van der Waals surface area (Å²) in [7, 11) is 0. The average Bonchev–Trinajstić information content (AvgIpc) is 2.70. The molecule has 1 atom stereocenters. The molecule has 1 aromatic carbocycles. The number of hydrogen-bond acceptors (Lipinski definition) is 3. The molecule has 1 aliphatic rings. The van der Waals surface area contributed by atoms with Crippen molar-refractivity contribution in [2.75, 3.05) is 13.2 Å². The van der Waals surface area contributed by atoms with E-state index < -0.39 is 0 Å². The van der Waals surface area contributed by atoms with Gasteiger partial charge in [-0.3, -0.25) is 0 Å². The Bertz CT molecular complexity index is 409. The number of carbonyl (C=O) groups excluding carboxylic acids is 1. The van der Waals surface area contributed by atoms with Gasteiger partial charge in [0.25, 0.3) is 0 Å². The van der Waals surface area contributed by atoms with Crippen LogP contribution in [0.3, 0.4) is 0 Å². The van der Waals surface area contributed by atoms with Crippen LogP contribution in [-0.2, 0) is 14.3 Å². The minimum atomic E-state index is -0.319. The lowest BCUT2D eigenvalue weighted by molar-refractivity contribution is -0.149. The molecule has 1 aliphatic carbocycles. The van der Waals surface area contributed by atoms with Gasteiger partial charge in [0.1, 0.15) is 12.7 Å². The van der Waals surface area contributed by atoms with Crippen molar-refractivity contribution in [3.05, 3.63) is 41.5 Å². The zero-order chi connectivity index (χ0) is 11.4. The summed E-state index contributed by atoms with van der Waals surface area (Å²) in [5.74, 6) is -0.319. The Morgan fingerprint density at radius 1 is 1.38 bits per heavy atom. The Kier molecular flexibility index (Phi) is 3.37. The molecular weight excluding hydrogens is 204 g/mol. The molecular formula is C13H14O3. The van der Waals surface area contributed by atoms with Crippen LogP contribution in [-0.4, -0.2) is 19.2 Å². The summed E-state index contributed by atoms with van der Waals surface area (Å²) < 4.78 is 10.3. The van der Waals surface area contributed by atoms with Crippen molar-refractivity contribution in [3.8, 4) is 0 Å². The molecule has 0 saturated carbocycles. The molecule has 0 radical (unpaired) electrons. The summed E-state index contributed by atoms with van der Waals surface area (Å²) in [6.07, 6.45) is 3.83. The lowest BCUT2D eigenvalue weighted by Crippen LogP contribution is -2.14. The fourth-order valence-electron chi connectivity index (χ4n) is 1.72. The Labute approximate surface area is 94.7 Å². The van der Waals surface area contributed by atoms with Gasteiger partial charge in [0.15, 0.2) is 0 Å². The molecule has 3 nitrogen and oxygen atoms in total. The highest BCUT2D eigenvalue weighted by molar-refractivity contribution is 5.71. The molecule has 0 spiro atoms. The maximum Gasteiger partial charge on any atom is 0.332 e. The predicted octanol–water partition coefficient (Wildman–Crippen LogP) is 2.33. The molecule has 1 unspecified atom stereocenters. The first kappa shape index (κ1) is 10.9. The Balaban J connectivity index is 1.94. The van der Waals surface area contributed by atoms with Gasteiger partial charge in [0, 0.05) is 0 Å². The number of benzene rings is 1. The quantitative estimate of drug-likeness (QED) is 0.727. The van der Waals surface area contributed by atoms with Crippen LogP contribution in [0.25, 0.3) is 6.08 Å². The van der Waals surface area contributed by atoms with E-state index in [1.54, 1.807) is 6.92 Å². The second-order valence-electron chi connectivity index (χ2n) is 3.52. The van der Waals surface area contributed by atoms with E-state index in [9.17, 15) is 4.79 Å². The molecule has 0 fully saturated rings. The fraction of sp³-hybridized carbons (Fsp3) is 0.308. The molecule has 0 saturated heterocycles. The first-order valence-electron chi connectivity index (χ1n) is 5.35. The molecule has 84 valence electrons. The van der Waals surface area contributed by atoms with Crippen LogP contribution in [0.2, 0.25) is 0 Å². The van der Waals surface area contributed by atoms with Gasteiger partial charge in [-0.25, -0.2) is 4.79 Å². The zero-order valence-electron chi connectivity index (χ0n) is 9.18. The van der Waals surface area contributed by atoms with Crippen molar-refractivity contribution >= 4 is 12.0 Å². The van der Waals surface area contributed by atoms with E-state index >= 15 is 0 Å². The maximum absolute atomic E-state index is 11.1. The van der Waals surface area contributed by atoms with Crippen LogP contribution < -0.4 is 0 Å². The summed E-state index contributed by atoms with van der Waals surface area (Å²) >= 11 is 0. The molecule has 0 heterocycles. The second-order valence-corrected chi connectivity index (χ2v) is 3.52. The SMILES string of the molecule is CCOC(=O)COC1C=Cc2ccccc21. The molecule has 2 rings (SSSR count). The third-order valence-corrected chi connectivity index (χ3v) is 2.44. The molecule has 0 bridgehead atoms. The van der Waals surface area contributed by atoms with E-state index in [1.807, 2.05) is 36.4 Å². The first-order valence-corrected chi connectivity index (χ1v) is 5.35. The number of rotatable bonds is 4. The van der Waals surface area contributed by atoms with E-state index in [2.05, 4.69) is 0 Å². The lowest BCUT2D eigenvalue weighted by Gasteiger charge is -2.11. The van der Waals surface area contributed by atoms with Crippen LogP contribution in [0.5, 0.6) is 0 Å². The minimum absolute atomic E-state index is 0.00280. The van der Waals surface area contributed by atoms with Crippen LogP contribution >= 0.6 is 0 Å². The van der Waals surface area contributed by atoms with Gasteiger partial charge in [0.05, 0.1) is 6.61 Å². The van der Waals surface area contributed by atoms with E-state index in [4.69, 9.17) is 9.47 Å². The largest absolute Gasteiger partial charge is 0.464 e. The smallest absolute Gasteiger partial charge is 0.332 e. The van der Waals surface area contributed by atoms with Crippen LogP contribution in [0.4, 0.5) is 0 Å². The first-order chi connectivity index (χ1) is 7.81. The number of ether oxygens (including phenoxy) is 2. The van der Waals surface area contributed by atoms with Crippen molar-refractivity contribution in [2.45, 2.75) is 13.0 Å². The van der Waals surface area contributed by atoms with Gasteiger partial charge >= 0.3 is 5.97 Å². The van der Waals surface area contributed by atoms with Gasteiger partial charge in [0.2, 0.25) is 0 Å². The Morgan fingerprint density at radius 3 is 3.00 bits per heavy atom. The van der Waals surface area contributed by atoms with Crippen molar-refractivity contribution in [3.63, 3.8) is 0 Å². The summed E-state index contributed by atoms with van der Waals surface area (Å²) in [6, 6.07) is 7.98. The van der Waals surface area contributed by atoms with Gasteiger partial charge in [-0.2, -0.15) is 0 Å². The third-order valence-electron chi connectivity index (χ3n) is 2.44. The monoisotopic (exact) mass is 218 g/mol. The molecule has 0 aromatic heterocycles. The molecule has 0 aliphatic heterocycles. The highest BCUT2D eigenvalue weighted by Gasteiger charge is 2.18. The van der Waals surface area contributed by atoms with E-state index in [-0.39, 0.29) is 18.7 Å². The van der Waals surface area contributed by atoms with Crippen LogP contribution in [0.15, 0.2) is 30.3 Å². The summed E-state index contributed by atoms with van der Waals surface area (Å²) in [6.45, 7) is 2.17. The molecule has 0 N–H and O–H groups in total. The lowest BCUT2D eigenvalue weighted by atomic mass is 10.1. The zero-order valence-corrected chi connectivity index (χ0v) is 9.18. The van der Waals surface area contributed by atoms with E-state index in [0.717, 1.165) is 11.1 Å². The highest BCUT2D eigenvalue weighted by Crippen LogP contribution is 2.30. The standard InChI is InChI=1S/C13H14O3/c1-2-15-13(14)9-16-12-8-7-10-5-3-4-6-11(10)12/h3-8,12H,2,9H2,1H3. The van der Waals surface area contributed by atoms with Crippen LogP contribution in [0, 0.1) is 0 Å². The number of fused-ring (bicyclic) bond motifs is 1. The van der Waals surface area contributed by atoms with Gasteiger partial charge < -0.3 is 9.47 Å². The second kappa shape index (κ2) is 4.94. The van der Waals surface area contributed by atoms with Gasteiger partial charge in [-0.05, 0) is 18.1 Å². The predicted molar refractivity (Wildman–Crippen MR) is 60.8 cm³/mol. The molecule has 0 amide bonds. The maximum atomic E-state index is 11.1. The summed E-state index contributed by atoms with van der Waals surface area (Å²) in [5, 5.41) is 0.